The van der Waals surface area contributed by atoms with E-state index < -0.39 is 14.5 Å². The second-order valence-corrected chi connectivity index (χ2v) is 13.6. The zero-order chi connectivity index (χ0) is 24.5. The Bertz CT molecular complexity index is 755. The fraction of sp³-hybridized carbons (Fsp3) is 0.893. The fourth-order valence-electron chi connectivity index (χ4n) is 8.62. The largest absolute Gasteiger partial charge is 0.461 e. The molecule has 5 nitrogen and oxygen atoms in total. The Labute approximate surface area is 208 Å². The number of rotatable bonds is 9. The highest BCUT2D eigenvalue weighted by atomic mass is 31.2. The Hall–Kier alpha value is -0.480. The Morgan fingerprint density at radius 2 is 1.94 bits per heavy atom. The van der Waals surface area contributed by atoms with Crippen LogP contribution in [0.1, 0.15) is 105 Å². The Morgan fingerprint density at radius 1 is 1.15 bits per heavy atom. The van der Waals surface area contributed by atoms with Crippen molar-refractivity contribution in [3.05, 3.63) is 11.6 Å². The maximum absolute atomic E-state index is 12.1. The van der Waals surface area contributed by atoms with E-state index in [0.29, 0.717) is 5.41 Å². The van der Waals surface area contributed by atoms with Crippen molar-refractivity contribution < 1.29 is 19.3 Å². The lowest BCUT2D eigenvalue weighted by Crippen LogP contribution is -2.50. The number of hydrogen-bond donors (Lipinski definition) is 3. The van der Waals surface area contributed by atoms with Gasteiger partial charge < -0.3 is 14.5 Å². The number of esters is 1. The third kappa shape index (κ3) is 5.43. The number of hydrogen-bond acceptors (Lipinski definition) is 5. The van der Waals surface area contributed by atoms with Gasteiger partial charge in [0.2, 0.25) is 0 Å². The number of carbonyl (C=O) groups excluding carboxylic acids is 1. The number of ether oxygens (including phenoxy) is 1. The molecule has 0 radical (unpaired) electrons. The second-order valence-electron chi connectivity index (χ2n) is 12.7. The molecule has 7 atom stereocenters. The van der Waals surface area contributed by atoms with Gasteiger partial charge in [0, 0.05) is 6.42 Å². The average molecular weight is 494 g/mol. The van der Waals surface area contributed by atoms with Gasteiger partial charge in [-0.3, -0.25) is 4.79 Å². The van der Waals surface area contributed by atoms with Gasteiger partial charge in [-0.15, -0.1) is 0 Å². The number of allylic oxidation sites excluding steroid dienone is 1. The van der Waals surface area contributed by atoms with Crippen LogP contribution in [0.4, 0.5) is 0 Å². The summed E-state index contributed by atoms with van der Waals surface area (Å²) in [4.78, 5) is 30.0. The van der Waals surface area contributed by atoms with E-state index in [2.05, 4.69) is 38.9 Å². The van der Waals surface area contributed by atoms with E-state index >= 15 is 0 Å². The quantitative estimate of drug-likeness (QED) is 0.148. The smallest absolute Gasteiger partial charge is 0.320 e. The van der Waals surface area contributed by atoms with E-state index in [4.69, 9.17) is 14.5 Å². The average Bonchev–Trinajstić information content (AvgIpc) is 3.11. The van der Waals surface area contributed by atoms with Crippen LogP contribution in [0, 0.1) is 40.4 Å². The molecule has 194 valence electrons. The van der Waals surface area contributed by atoms with Gasteiger partial charge >= 0.3 is 5.97 Å². The summed E-state index contributed by atoms with van der Waals surface area (Å²) in [5.41, 5.74) is 2.31. The lowest BCUT2D eigenvalue weighted by atomic mass is 9.47. The summed E-state index contributed by atoms with van der Waals surface area (Å²) < 4.78 is 5.68. The minimum Gasteiger partial charge on any atom is -0.461 e. The molecule has 6 heteroatoms. The summed E-state index contributed by atoms with van der Waals surface area (Å²) in [5, 5.41) is 2.37. The normalized spacial score (nSPS) is 39.4. The summed E-state index contributed by atoms with van der Waals surface area (Å²) in [6, 6.07) is 0. The molecule has 0 amide bonds. The van der Waals surface area contributed by atoms with Crippen molar-refractivity contribution in [3.8, 4) is 0 Å². The minimum atomic E-state index is -2.27. The predicted molar refractivity (Wildman–Crippen MR) is 138 cm³/mol. The van der Waals surface area contributed by atoms with Crippen LogP contribution in [0.25, 0.3) is 0 Å². The first-order valence-electron chi connectivity index (χ1n) is 13.9. The predicted octanol–water partition coefficient (Wildman–Crippen LogP) is 6.49. The topological polar surface area (TPSA) is 78.8 Å². The summed E-state index contributed by atoms with van der Waals surface area (Å²) in [5.74, 6) is 3.84. The Balaban J connectivity index is 1.37. The van der Waals surface area contributed by atoms with Crippen molar-refractivity contribution in [1.82, 2.24) is 5.09 Å². The van der Waals surface area contributed by atoms with Gasteiger partial charge in [0.05, 0.1) is 0 Å². The molecule has 0 saturated heterocycles. The zero-order valence-corrected chi connectivity index (χ0v) is 22.8. The van der Waals surface area contributed by atoms with E-state index in [1.165, 1.54) is 63.4 Å². The highest BCUT2D eigenvalue weighted by molar-refractivity contribution is 7.42. The number of fused-ring (bicyclic) bond motifs is 5. The standard InChI is InChI=1S/C28H48NO4P/c1-19(2)7-5-6-8-20-10-12-24-23-11-9-21-17-22(33-26(30)18-29-34(31)32)13-15-28(21,4)25(23)14-16-27(20,24)3/h9,19-20,22-25,29,31-32H,5-8,10-18H2,1-4H3. The van der Waals surface area contributed by atoms with E-state index in [0.717, 1.165) is 48.9 Å². The highest BCUT2D eigenvalue weighted by Crippen LogP contribution is 2.66. The van der Waals surface area contributed by atoms with Crippen LogP contribution < -0.4 is 5.09 Å². The number of unbranched alkanes of at least 4 members (excludes halogenated alkanes) is 1. The number of carbonyl (C=O) groups is 1. The van der Waals surface area contributed by atoms with Crippen LogP contribution in [0.3, 0.4) is 0 Å². The van der Waals surface area contributed by atoms with Crippen molar-refractivity contribution in [3.63, 3.8) is 0 Å². The van der Waals surface area contributed by atoms with Crippen LogP contribution in [-0.4, -0.2) is 28.4 Å². The SMILES string of the molecule is CC(C)CCCCC1CCC2C3CC=C4CC(OC(=O)CNP(O)O)CCC4(C)C3CCC12C. The van der Waals surface area contributed by atoms with Gasteiger partial charge in [-0.05, 0) is 91.8 Å². The monoisotopic (exact) mass is 493 g/mol. The molecule has 0 heterocycles. The van der Waals surface area contributed by atoms with Crippen molar-refractivity contribution >= 4 is 14.5 Å². The molecule has 0 aromatic rings. The first-order chi connectivity index (χ1) is 16.1. The minimum absolute atomic E-state index is 0.0793. The maximum Gasteiger partial charge on any atom is 0.320 e. The maximum atomic E-state index is 12.1. The molecular formula is C28H48NO4P. The van der Waals surface area contributed by atoms with Crippen LogP contribution in [0.5, 0.6) is 0 Å². The van der Waals surface area contributed by atoms with Crippen molar-refractivity contribution in [2.24, 2.45) is 40.4 Å². The van der Waals surface area contributed by atoms with E-state index in [-0.39, 0.29) is 18.1 Å². The molecule has 3 saturated carbocycles. The summed E-state index contributed by atoms with van der Waals surface area (Å²) in [6.45, 7) is 9.69. The third-order valence-electron chi connectivity index (χ3n) is 10.5. The zero-order valence-electron chi connectivity index (χ0n) is 21.9. The summed E-state index contributed by atoms with van der Waals surface area (Å²) >= 11 is 0. The van der Waals surface area contributed by atoms with Crippen LogP contribution >= 0.6 is 8.53 Å². The van der Waals surface area contributed by atoms with Crippen LogP contribution in [0.2, 0.25) is 0 Å². The molecule has 0 bridgehead atoms. The molecule has 4 rings (SSSR count). The molecule has 4 aliphatic carbocycles. The second kappa shape index (κ2) is 10.9. The lowest BCUT2D eigenvalue weighted by Gasteiger charge is -2.58. The molecule has 0 aromatic heterocycles. The molecule has 4 aliphatic rings. The van der Waals surface area contributed by atoms with Crippen molar-refractivity contribution in [1.29, 1.82) is 0 Å². The first kappa shape index (κ1) is 26.6. The van der Waals surface area contributed by atoms with Gasteiger partial charge in [0.1, 0.15) is 12.6 Å². The van der Waals surface area contributed by atoms with Crippen molar-refractivity contribution in [2.45, 2.75) is 111 Å². The summed E-state index contributed by atoms with van der Waals surface area (Å²) in [7, 11) is -2.27. The molecule has 3 fully saturated rings. The lowest BCUT2D eigenvalue weighted by molar-refractivity contribution is -0.150. The van der Waals surface area contributed by atoms with Crippen LogP contribution in [-0.2, 0) is 9.53 Å². The molecule has 0 aromatic carbocycles. The van der Waals surface area contributed by atoms with E-state index in [1.807, 2.05) is 0 Å². The molecule has 0 aliphatic heterocycles. The third-order valence-corrected chi connectivity index (χ3v) is 10.9. The van der Waals surface area contributed by atoms with Gasteiger partial charge in [0.25, 0.3) is 8.53 Å². The first-order valence-corrected chi connectivity index (χ1v) is 15.2. The van der Waals surface area contributed by atoms with Gasteiger partial charge in [-0.2, -0.15) is 0 Å². The highest BCUT2D eigenvalue weighted by Gasteiger charge is 2.58. The van der Waals surface area contributed by atoms with Crippen molar-refractivity contribution in [2.75, 3.05) is 6.54 Å². The van der Waals surface area contributed by atoms with Gasteiger partial charge in [0.15, 0.2) is 0 Å². The van der Waals surface area contributed by atoms with E-state index in [1.54, 1.807) is 0 Å². The Kier molecular flexibility index (Phi) is 8.50. The Morgan fingerprint density at radius 3 is 2.68 bits per heavy atom. The molecule has 7 unspecified atom stereocenters. The molecule has 0 spiro atoms. The van der Waals surface area contributed by atoms with Crippen LogP contribution in [0.15, 0.2) is 11.6 Å². The van der Waals surface area contributed by atoms with Gasteiger partial charge in [-0.25, -0.2) is 5.09 Å². The fourth-order valence-corrected chi connectivity index (χ4v) is 8.89. The molecule has 3 N–H and O–H groups in total. The molecule has 34 heavy (non-hydrogen) atoms. The number of nitrogens with one attached hydrogen (secondary N) is 1. The molecular weight excluding hydrogens is 445 g/mol. The summed E-state index contributed by atoms with van der Waals surface area (Å²) in [6.07, 6.45) is 17.8. The van der Waals surface area contributed by atoms with Gasteiger partial charge in [-0.1, -0.05) is 58.6 Å². The van der Waals surface area contributed by atoms with E-state index in [9.17, 15) is 4.79 Å².